The summed E-state index contributed by atoms with van der Waals surface area (Å²) in [4.78, 5) is 12.5. The van der Waals surface area contributed by atoms with E-state index in [1.54, 1.807) is 12.1 Å². The lowest BCUT2D eigenvalue weighted by atomic mass is 10.1. The molecule has 2 rings (SSSR count). The molecule has 0 aromatic heterocycles. The van der Waals surface area contributed by atoms with Crippen molar-refractivity contribution in [3.63, 3.8) is 0 Å². The fraction of sp³-hybridized carbons (Fsp3) is 0.667. The van der Waals surface area contributed by atoms with Crippen molar-refractivity contribution in [3.8, 4) is 5.75 Å². The molecule has 0 saturated carbocycles. The molecule has 0 radical (unpaired) electrons. The number of unbranched alkanes of at least 4 members (excludes halogenated alkanes) is 1. The van der Waals surface area contributed by atoms with Gasteiger partial charge in [-0.05, 0) is 50.8 Å². The van der Waals surface area contributed by atoms with Crippen LogP contribution in [0, 0.1) is 0 Å². The van der Waals surface area contributed by atoms with Crippen molar-refractivity contribution < 1.29 is 22.7 Å². The molecule has 8 heteroatoms. The lowest BCUT2D eigenvalue weighted by Crippen LogP contribution is -2.42. The third-order valence-corrected chi connectivity index (χ3v) is 7.18. The van der Waals surface area contributed by atoms with Gasteiger partial charge < -0.3 is 14.8 Å². The zero-order valence-corrected chi connectivity index (χ0v) is 18.6. The molecule has 7 nitrogen and oxygen atoms in total. The van der Waals surface area contributed by atoms with Crippen LogP contribution in [0.2, 0.25) is 0 Å². The number of carbonyl (C=O) groups is 1. The van der Waals surface area contributed by atoms with Crippen molar-refractivity contribution >= 4 is 15.9 Å². The standard InChI is InChI=1S/C21H34N2O5S/c1-4-5-14-28-15-8-12-22-21(24)18-10-11-19(27-3)20(16-18)29(25,26)23-13-7-6-9-17(23)2/h10-11,16-17H,4-9,12-15H2,1-3H3,(H,22,24). The largest absolute Gasteiger partial charge is 0.495 e. The predicted molar refractivity (Wildman–Crippen MR) is 113 cm³/mol. The Bertz CT molecular complexity index is 766. The van der Waals surface area contributed by atoms with Crippen LogP contribution in [0.4, 0.5) is 0 Å². The van der Waals surface area contributed by atoms with Gasteiger partial charge in [-0.2, -0.15) is 4.31 Å². The van der Waals surface area contributed by atoms with Gasteiger partial charge >= 0.3 is 0 Å². The minimum atomic E-state index is -3.74. The van der Waals surface area contributed by atoms with Crippen LogP contribution < -0.4 is 10.1 Å². The normalized spacial score (nSPS) is 17.8. The van der Waals surface area contributed by atoms with E-state index in [4.69, 9.17) is 9.47 Å². The zero-order chi connectivity index (χ0) is 21.3. The van der Waals surface area contributed by atoms with E-state index in [-0.39, 0.29) is 22.6 Å². The van der Waals surface area contributed by atoms with E-state index in [9.17, 15) is 13.2 Å². The highest BCUT2D eigenvalue weighted by molar-refractivity contribution is 7.89. The summed E-state index contributed by atoms with van der Waals surface area (Å²) in [6.45, 7) is 6.32. The number of benzene rings is 1. The Kier molecular flexibility index (Phi) is 9.39. The molecule has 1 amide bonds. The van der Waals surface area contributed by atoms with Gasteiger partial charge in [0.1, 0.15) is 10.6 Å². The number of sulfonamides is 1. The third-order valence-electron chi connectivity index (χ3n) is 5.15. The van der Waals surface area contributed by atoms with Gasteiger partial charge in [-0.15, -0.1) is 0 Å². The molecule has 1 heterocycles. The van der Waals surface area contributed by atoms with Crippen LogP contribution in [-0.4, -0.2) is 58.1 Å². The van der Waals surface area contributed by atoms with Crippen molar-refractivity contribution in [3.05, 3.63) is 23.8 Å². The van der Waals surface area contributed by atoms with Gasteiger partial charge in [-0.25, -0.2) is 8.42 Å². The van der Waals surface area contributed by atoms with Gasteiger partial charge in [0.25, 0.3) is 5.91 Å². The van der Waals surface area contributed by atoms with Gasteiger partial charge in [0, 0.05) is 37.9 Å². The molecular formula is C21H34N2O5S. The molecular weight excluding hydrogens is 392 g/mol. The van der Waals surface area contributed by atoms with Crippen LogP contribution in [-0.2, 0) is 14.8 Å². The molecule has 1 unspecified atom stereocenters. The maximum absolute atomic E-state index is 13.2. The second-order valence-corrected chi connectivity index (χ2v) is 9.26. The number of methoxy groups -OCH3 is 1. The first kappa shape index (κ1) is 23.6. The van der Waals surface area contributed by atoms with E-state index in [1.807, 2.05) is 6.92 Å². The number of rotatable bonds is 11. The first-order valence-corrected chi connectivity index (χ1v) is 11.9. The maximum atomic E-state index is 13.2. The summed E-state index contributed by atoms with van der Waals surface area (Å²) < 4.78 is 38.8. The predicted octanol–water partition coefficient (Wildman–Crippen LogP) is 3.19. The van der Waals surface area contributed by atoms with E-state index in [0.717, 1.165) is 38.7 Å². The molecule has 1 saturated heterocycles. The Hall–Kier alpha value is -1.64. The molecule has 1 aliphatic heterocycles. The van der Waals surface area contributed by atoms with Crippen LogP contribution >= 0.6 is 0 Å². The minimum Gasteiger partial charge on any atom is -0.495 e. The number of carbonyl (C=O) groups excluding carboxylic acids is 1. The number of hydrogen-bond acceptors (Lipinski definition) is 5. The quantitative estimate of drug-likeness (QED) is 0.549. The Morgan fingerprint density at radius 2 is 2.00 bits per heavy atom. The van der Waals surface area contributed by atoms with E-state index < -0.39 is 10.0 Å². The molecule has 1 aliphatic rings. The lowest BCUT2D eigenvalue weighted by molar-refractivity contribution is 0.0940. The highest BCUT2D eigenvalue weighted by atomic mass is 32.2. The van der Waals surface area contributed by atoms with Crippen molar-refractivity contribution in [1.82, 2.24) is 9.62 Å². The summed E-state index contributed by atoms with van der Waals surface area (Å²) in [5.41, 5.74) is 0.306. The van der Waals surface area contributed by atoms with Crippen molar-refractivity contribution in [2.24, 2.45) is 0 Å². The Morgan fingerprint density at radius 3 is 2.69 bits per heavy atom. The molecule has 29 heavy (non-hydrogen) atoms. The average Bonchev–Trinajstić information content (AvgIpc) is 2.72. The van der Waals surface area contributed by atoms with Crippen molar-refractivity contribution in [2.75, 3.05) is 33.4 Å². The van der Waals surface area contributed by atoms with Gasteiger partial charge in [0.2, 0.25) is 10.0 Å². The summed E-state index contributed by atoms with van der Waals surface area (Å²) in [6, 6.07) is 4.49. The molecule has 1 aromatic carbocycles. The first-order valence-electron chi connectivity index (χ1n) is 10.5. The Morgan fingerprint density at radius 1 is 1.24 bits per heavy atom. The summed E-state index contributed by atoms with van der Waals surface area (Å²) in [5.74, 6) is -0.0481. The summed E-state index contributed by atoms with van der Waals surface area (Å²) in [6.07, 6.45) is 5.53. The topological polar surface area (TPSA) is 84.9 Å². The number of piperidine rings is 1. The number of ether oxygens (including phenoxy) is 2. The number of hydrogen-bond donors (Lipinski definition) is 1. The van der Waals surface area contributed by atoms with E-state index in [0.29, 0.717) is 31.7 Å². The van der Waals surface area contributed by atoms with Crippen molar-refractivity contribution in [2.45, 2.75) is 63.3 Å². The van der Waals surface area contributed by atoms with Crippen LogP contribution in [0.25, 0.3) is 0 Å². The van der Waals surface area contributed by atoms with E-state index in [2.05, 4.69) is 12.2 Å². The summed E-state index contributed by atoms with van der Waals surface area (Å²) in [5, 5.41) is 2.83. The maximum Gasteiger partial charge on any atom is 0.251 e. The SMILES string of the molecule is CCCCOCCCNC(=O)c1ccc(OC)c(S(=O)(=O)N2CCCCC2C)c1. The monoisotopic (exact) mass is 426 g/mol. The van der Waals surface area contributed by atoms with Crippen LogP contribution in [0.1, 0.15) is 62.7 Å². The minimum absolute atomic E-state index is 0.0456. The number of nitrogens with zero attached hydrogens (tertiary/aromatic N) is 1. The average molecular weight is 427 g/mol. The number of nitrogens with one attached hydrogen (secondary N) is 1. The van der Waals surface area contributed by atoms with E-state index >= 15 is 0 Å². The highest BCUT2D eigenvalue weighted by Crippen LogP contribution is 2.31. The van der Waals surface area contributed by atoms with Crippen LogP contribution in [0.15, 0.2) is 23.1 Å². The third kappa shape index (κ3) is 6.42. The highest BCUT2D eigenvalue weighted by Gasteiger charge is 2.33. The van der Waals surface area contributed by atoms with Crippen LogP contribution in [0.3, 0.4) is 0 Å². The molecule has 0 bridgehead atoms. The molecule has 1 N–H and O–H groups in total. The molecule has 1 atom stereocenters. The van der Waals surface area contributed by atoms with E-state index in [1.165, 1.54) is 17.5 Å². The molecule has 0 aliphatic carbocycles. The number of amides is 1. The molecule has 1 fully saturated rings. The summed E-state index contributed by atoms with van der Waals surface area (Å²) in [7, 11) is -2.30. The van der Waals surface area contributed by atoms with Gasteiger partial charge in [0.05, 0.1) is 7.11 Å². The fourth-order valence-corrected chi connectivity index (χ4v) is 5.28. The first-order chi connectivity index (χ1) is 13.9. The van der Waals surface area contributed by atoms with Gasteiger partial charge in [-0.3, -0.25) is 4.79 Å². The zero-order valence-electron chi connectivity index (χ0n) is 17.8. The second kappa shape index (κ2) is 11.5. The van der Waals surface area contributed by atoms with Gasteiger partial charge in [0.15, 0.2) is 0 Å². The second-order valence-electron chi connectivity index (χ2n) is 7.40. The lowest BCUT2D eigenvalue weighted by Gasteiger charge is -2.32. The molecule has 164 valence electrons. The Balaban J connectivity index is 2.07. The fourth-order valence-electron chi connectivity index (χ4n) is 3.40. The summed E-state index contributed by atoms with van der Waals surface area (Å²) >= 11 is 0. The smallest absolute Gasteiger partial charge is 0.251 e. The van der Waals surface area contributed by atoms with Gasteiger partial charge in [-0.1, -0.05) is 19.8 Å². The van der Waals surface area contributed by atoms with Crippen LogP contribution in [0.5, 0.6) is 5.75 Å². The molecule has 1 aromatic rings. The molecule has 0 spiro atoms. The van der Waals surface area contributed by atoms with Crippen molar-refractivity contribution in [1.29, 1.82) is 0 Å². The Labute approximate surface area is 174 Å².